The van der Waals surface area contributed by atoms with Gasteiger partial charge in [-0.1, -0.05) is 19.1 Å². The Hall–Kier alpha value is -3.68. The van der Waals surface area contributed by atoms with Crippen LogP contribution < -0.4 is 14.8 Å². The Morgan fingerprint density at radius 3 is 2.60 bits per heavy atom. The first-order valence-corrected chi connectivity index (χ1v) is 14.9. The molecule has 4 rings (SSSR count). The van der Waals surface area contributed by atoms with Crippen LogP contribution in [0.5, 0.6) is 5.75 Å². The number of thiophene rings is 1. The second-order valence-corrected chi connectivity index (χ2v) is 12.5. The number of halogens is 1. The average Bonchev–Trinajstić information content (AvgIpc) is 3.48. The molecular formula is C27H31FN4O6S2. The zero-order valence-electron chi connectivity index (χ0n) is 22.2. The van der Waals surface area contributed by atoms with Gasteiger partial charge in [-0.15, -0.1) is 11.3 Å². The highest BCUT2D eigenvalue weighted by Crippen LogP contribution is 2.36. The lowest BCUT2D eigenvalue weighted by atomic mass is 9.99. The summed E-state index contributed by atoms with van der Waals surface area (Å²) in [5, 5.41) is 14.2. The number of rotatable bonds is 8. The number of nitrogens with zero attached hydrogens (tertiary/aromatic N) is 2. The van der Waals surface area contributed by atoms with Crippen molar-refractivity contribution in [2.75, 3.05) is 36.8 Å². The Morgan fingerprint density at radius 2 is 1.95 bits per heavy atom. The van der Waals surface area contributed by atoms with Gasteiger partial charge < -0.3 is 25.0 Å². The maximum atomic E-state index is 13.6. The van der Waals surface area contributed by atoms with Crippen LogP contribution in [0.2, 0.25) is 0 Å². The highest BCUT2D eigenvalue weighted by Gasteiger charge is 2.35. The number of ether oxygens (including phenoxy) is 1. The predicted octanol–water partition coefficient (Wildman–Crippen LogP) is 4.07. The molecular weight excluding hydrogens is 559 g/mol. The molecule has 0 saturated heterocycles. The van der Waals surface area contributed by atoms with Crippen molar-refractivity contribution in [3.05, 3.63) is 71.4 Å². The number of anilines is 2. The van der Waals surface area contributed by atoms with Crippen LogP contribution in [0, 0.1) is 11.7 Å². The molecule has 2 heterocycles. The molecule has 3 amide bonds. The van der Waals surface area contributed by atoms with Gasteiger partial charge in [-0.3, -0.25) is 9.52 Å². The smallest absolute Gasteiger partial charge is 0.321 e. The van der Waals surface area contributed by atoms with Gasteiger partial charge in [0.1, 0.15) is 16.1 Å². The molecule has 1 aliphatic rings. The van der Waals surface area contributed by atoms with Gasteiger partial charge in [0.05, 0.1) is 30.4 Å². The van der Waals surface area contributed by atoms with E-state index in [1.54, 1.807) is 31.5 Å². The van der Waals surface area contributed by atoms with E-state index < -0.39 is 39.9 Å². The lowest BCUT2D eigenvalue weighted by Crippen LogP contribution is -2.50. The molecule has 3 N–H and O–H groups in total. The second kappa shape index (κ2) is 12.2. The first-order valence-electron chi connectivity index (χ1n) is 12.6. The van der Waals surface area contributed by atoms with E-state index in [9.17, 15) is 27.5 Å². The molecule has 40 heavy (non-hydrogen) atoms. The molecule has 13 heteroatoms. The number of para-hydroxylation sites is 1. The number of aliphatic hydroxyl groups excluding tert-OH is 1. The first-order chi connectivity index (χ1) is 19.0. The second-order valence-electron chi connectivity index (χ2n) is 9.66. The van der Waals surface area contributed by atoms with Gasteiger partial charge in [0.15, 0.2) is 5.75 Å². The molecule has 0 unspecified atom stereocenters. The highest BCUT2D eigenvalue weighted by molar-refractivity contribution is 7.94. The van der Waals surface area contributed by atoms with Crippen molar-refractivity contribution in [3.8, 4) is 5.75 Å². The lowest BCUT2D eigenvalue weighted by Gasteiger charge is -2.38. The topological polar surface area (TPSA) is 128 Å². The zero-order valence-corrected chi connectivity index (χ0v) is 23.8. The molecule has 2 aromatic carbocycles. The van der Waals surface area contributed by atoms with E-state index in [2.05, 4.69) is 10.0 Å². The van der Waals surface area contributed by atoms with E-state index >= 15 is 0 Å². The minimum absolute atomic E-state index is 0.0339. The number of amides is 3. The lowest BCUT2D eigenvalue weighted by molar-refractivity contribution is 0.0373. The van der Waals surface area contributed by atoms with Crippen LogP contribution in [0.15, 0.2) is 64.2 Å². The van der Waals surface area contributed by atoms with Crippen molar-refractivity contribution in [1.29, 1.82) is 0 Å². The molecule has 10 nitrogen and oxygen atoms in total. The third-order valence-electron chi connectivity index (χ3n) is 6.59. The van der Waals surface area contributed by atoms with E-state index in [1.165, 1.54) is 52.3 Å². The van der Waals surface area contributed by atoms with Crippen LogP contribution in [0.25, 0.3) is 0 Å². The Kier molecular flexibility index (Phi) is 8.96. The Labute approximate surface area is 236 Å². The highest BCUT2D eigenvalue weighted by atomic mass is 32.2. The summed E-state index contributed by atoms with van der Waals surface area (Å²) in [4.78, 5) is 29.4. The van der Waals surface area contributed by atoms with Gasteiger partial charge in [0.2, 0.25) is 0 Å². The van der Waals surface area contributed by atoms with E-state index in [0.29, 0.717) is 5.69 Å². The van der Waals surface area contributed by atoms with Gasteiger partial charge in [-0.2, -0.15) is 0 Å². The summed E-state index contributed by atoms with van der Waals surface area (Å²) in [5.41, 5.74) is 0.615. The molecule has 1 aromatic heterocycles. The number of hydrogen-bond donors (Lipinski definition) is 3. The summed E-state index contributed by atoms with van der Waals surface area (Å²) in [6, 6.07) is 12.1. The Bertz CT molecular complexity index is 1450. The fourth-order valence-corrected chi connectivity index (χ4v) is 6.31. The number of urea groups is 1. The quantitative estimate of drug-likeness (QED) is 0.363. The standard InChI is InChI=1S/C27H31FN4O6S2/c1-17-14-32(18(2)16-33)26(34)21-6-4-7-22(30-40(36,37)24-8-5-13-39-24)25(21)38-23(17)15-31(3)27(35)29-20-11-9-19(28)10-12-20/h4-13,17-18,23,30,33H,14-16H2,1-3H3,(H,29,35)/t17-,18-,23-/m1/s1. The molecule has 214 valence electrons. The van der Waals surface area contributed by atoms with Crippen LogP contribution in [0.1, 0.15) is 24.2 Å². The number of benzene rings is 2. The number of aliphatic hydroxyl groups is 1. The predicted molar refractivity (Wildman–Crippen MR) is 151 cm³/mol. The molecule has 0 fully saturated rings. The molecule has 3 atom stereocenters. The molecule has 3 aromatic rings. The SMILES string of the molecule is C[C@@H]1CN([C@H](C)CO)C(=O)c2cccc(NS(=O)(=O)c3cccs3)c2O[C@@H]1CN(C)C(=O)Nc1ccc(F)cc1. The van der Waals surface area contributed by atoms with Gasteiger partial charge in [-0.25, -0.2) is 17.6 Å². The fourth-order valence-electron chi connectivity index (χ4n) is 4.26. The summed E-state index contributed by atoms with van der Waals surface area (Å²) in [6.45, 7) is 3.60. The third kappa shape index (κ3) is 6.54. The number of fused-ring (bicyclic) bond motifs is 1. The molecule has 0 radical (unpaired) electrons. The monoisotopic (exact) mass is 590 g/mol. The number of carbonyl (C=O) groups excluding carboxylic acids is 2. The molecule has 0 spiro atoms. The zero-order chi connectivity index (χ0) is 29.0. The van der Waals surface area contributed by atoms with Crippen LogP contribution in [-0.2, 0) is 10.0 Å². The maximum absolute atomic E-state index is 13.6. The van der Waals surface area contributed by atoms with Gasteiger partial charge in [0, 0.05) is 25.2 Å². The van der Waals surface area contributed by atoms with Gasteiger partial charge in [-0.05, 0) is 54.8 Å². The van der Waals surface area contributed by atoms with E-state index in [1.807, 2.05) is 6.92 Å². The first kappa shape index (κ1) is 29.3. The minimum Gasteiger partial charge on any atom is -0.485 e. The van der Waals surface area contributed by atoms with E-state index in [4.69, 9.17) is 4.74 Å². The van der Waals surface area contributed by atoms with Gasteiger partial charge >= 0.3 is 6.03 Å². The number of sulfonamides is 1. The van der Waals surface area contributed by atoms with Crippen LogP contribution in [0.3, 0.4) is 0 Å². The number of likely N-dealkylation sites (N-methyl/N-ethyl adjacent to an activating group) is 1. The summed E-state index contributed by atoms with van der Waals surface area (Å²) in [6.07, 6.45) is -0.670. The molecule has 0 bridgehead atoms. The third-order valence-corrected chi connectivity index (χ3v) is 9.35. The molecule has 0 aliphatic carbocycles. The number of carbonyl (C=O) groups is 2. The summed E-state index contributed by atoms with van der Waals surface area (Å²) in [5.74, 6) is -1.13. The Balaban J connectivity index is 1.67. The number of nitrogens with one attached hydrogen (secondary N) is 2. The van der Waals surface area contributed by atoms with Crippen LogP contribution >= 0.6 is 11.3 Å². The van der Waals surface area contributed by atoms with Crippen molar-refractivity contribution in [2.45, 2.75) is 30.2 Å². The summed E-state index contributed by atoms with van der Waals surface area (Å²) < 4.78 is 48.3. The van der Waals surface area contributed by atoms with Crippen molar-refractivity contribution in [2.24, 2.45) is 5.92 Å². The van der Waals surface area contributed by atoms with Crippen LogP contribution in [0.4, 0.5) is 20.6 Å². The largest absolute Gasteiger partial charge is 0.485 e. The molecule has 1 aliphatic heterocycles. The fraction of sp³-hybridized carbons (Fsp3) is 0.333. The van der Waals surface area contributed by atoms with Crippen molar-refractivity contribution in [1.82, 2.24) is 9.80 Å². The average molecular weight is 591 g/mol. The maximum Gasteiger partial charge on any atom is 0.321 e. The van der Waals surface area contributed by atoms with Gasteiger partial charge in [0.25, 0.3) is 15.9 Å². The van der Waals surface area contributed by atoms with E-state index in [-0.39, 0.29) is 46.8 Å². The molecule has 0 saturated carbocycles. The normalized spacial score (nSPS) is 18.1. The minimum atomic E-state index is -3.96. The van der Waals surface area contributed by atoms with Crippen molar-refractivity contribution < 1.29 is 32.2 Å². The van der Waals surface area contributed by atoms with Crippen molar-refractivity contribution >= 4 is 44.7 Å². The van der Waals surface area contributed by atoms with E-state index in [0.717, 1.165) is 11.3 Å². The van der Waals surface area contributed by atoms with Crippen LogP contribution in [-0.4, -0.2) is 74.2 Å². The number of hydrogen-bond acceptors (Lipinski definition) is 7. The summed E-state index contributed by atoms with van der Waals surface area (Å²) >= 11 is 1.05. The van der Waals surface area contributed by atoms with Crippen molar-refractivity contribution in [3.63, 3.8) is 0 Å². The summed E-state index contributed by atoms with van der Waals surface area (Å²) in [7, 11) is -2.39. The Morgan fingerprint density at radius 1 is 1.23 bits per heavy atom.